The summed E-state index contributed by atoms with van der Waals surface area (Å²) in [6.07, 6.45) is 1.11. The number of nitrogens with one attached hydrogen (secondary N) is 1. The Hall–Kier alpha value is -1.97. The van der Waals surface area contributed by atoms with Crippen molar-refractivity contribution in [2.24, 2.45) is 0 Å². The van der Waals surface area contributed by atoms with Crippen LogP contribution in [0.4, 0.5) is 17.5 Å². The monoisotopic (exact) mass is 303 g/mol. The molecular weight excluding hydrogens is 286 g/mol. The van der Waals surface area contributed by atoms with Crippen LogP contribution in [0.3, 0.4) is 0 Å². The van der Waals surface area contributed by atoms with Crippen LogP contribution in [0.15, 0.2) is 0 Å². The summed E-state index contributed by atoms with van der Waals surface area (Å²) in [5.74, 6) is 0.225. The highest BCUT2D eigenvalue weighted by molar-refractivity contribution is 7.90. The van der Waals surface area contributed by atoms with Crippen LogP contribution in [0.5, 0.6) is 0 Å². The summed E-state index contributed by atoms with van der Waals surface area (Å²) in [5.41, 5.74) is -0.00411. The molecule has 0 atom stereocenters. The molecule has 0 aliphatic rings. The van der Waals surface area contributed by atoms with Gasteiger partial charge in [0.25, 0.3) is 0 Å². The molecule has 0 aliphatic carbocycles. The Bertz CT molecular complexity index is 616. The van der Waals surface area contributed by atoms with Crippen LogP contribution in [-0.2, 0) is 9.84 Å². The van der Waals surface area contributed by atoms with E-state index in [1.807, 2.05) is 0 Å². The van der Waals surface area contributed by atoms with Crippen molar-refractivity contribution in [1.29, 1.82) is 0 Å². The maximum absolute atomic E-state index is 11.2. The lowest BCUT2D eigenvalue weighted by Crippen LogP contribution is -2.27. The number of nitro groups is 1. The standard InChI is InChI=1S/C10H17N5O4S/c1-7-8(15(16)17)9(13-10(11-2)12-7)14(3)5-6-20(4,18)19/h5-6H2,1-4H3,(H,11,12,13). The second-order valence-corrected chi connectivity index (χ2v) is 6.62. The number of sulfone groups is 1. The summed E-state index contributed by atoms with van der Waals surface area (Å²) >= 11 is 0. The van der Waals surface area contributed by atoms with Gasteiger partial charge < -0.3 is 10.2 Å². The van der Waals surface area contributed by atoms with Gasteiger partial charge in [-0.1, -0.05) is 0 Å². The first kappa shape index (κ1) is 16.1. The fourth-order valence-electron chi connectivity index (χ4n) is 1.55. The van der Waals surface area contributed by atoms with Crippen LogP contribution >= 0.6 is 0 Å². The van der Waals surface area contributed by atoms with E-state index < -0.39 is 14.8 Å². The molecule has 1 rings (SSSR count). The predicted octanol–water partition coefficient (Wildman–Crippen LogP) is 0.216. The van der Waals surface area contributed by atoms with Crippen LogP contribution in [0.1, 0.15) is 5.69 Å². The zero-order chi connectivity index (χ0) is 15.5. The van der Waals surface area contributed by atoms with Gasteiger partial charge in [-0.2, -0.15) is 4.98 Å². The number of hydrogen-bond acceptors (Lipinski definition) is 8. The molecule has 0 fully saturated rings. The highest BCUT2D eigenvalue weighted by atomic mass is 32.2. The molecule has 1 N–H and O–H groups in total. The van der Waals surface area contributed by atoms with Crippen molar-refractivity contribution >= 4 is 27.3 Å². The Morgan fingerprint density at radius 2 is 2.00 bits per heavy atom. The lowest BCUT2D eigenvalue weighted by atomic mass is 10.3. The summed E-state index contributed by atoms with van der Waals surface area (Å²) in [5, 5.41) is 13.8. The lowest BCUT2D eigenvalue weighted by molar-refractivity contribution is -0.385. The molecule has 0 saturated carbocycles. The average Bonchev–Trinajstić information content (AvgIpc) is 2.33. The van der Waals surface area contributed by atoms with Gasteiger partial charge in [0.2, 0.25) is 11.8 Å². The second kappa shape index (κ2) is 5.99. The van der Waals surface area contributed by atoms with E-state index >= 15 is 0 Å². The van der Waals surface area contributed by atoms with E-state index in [2.05, 4.69) is 15.3 Å². The molecule has 0 aliphatic heterocycles. The first-order chi connectivity index (χ1) is 9.15. The van der Waals surface area contributed by atoms with Gasteiger partial charge in [-0.3, -0.25) is 10.1 Å². The molecular formula is C10H17N5O4S. The van der Waals surface area contributed by atoms with Gasteiger partial charge in [0.05, 0.1) is 10.7 Å². The van der Waals surface area contributed by atoms with Gasteiger partial charge in [-0.25, -0.2) is 13.4 Å². The van der Waals surface area contributed by atoms with Gasteiger partial charge in [-0.15, -0.1) is 0 Å². The summed E-state index contributed by atoms with van der Waals surface area (Å²) in [4.78, 5) is 20.0. The second-order valence-electron chi connectivity index (χ2n) is 4.36. The van der Waals surface area contributed by atoms with Crippen molar-refractivity contribution in [3.05, 3.63) is 15.8 Å². The third-order valence-electron chi connectivity index (χ3n) is 2.61. The number of rotatable bonds is 6. The van der Waals surface area contributed by atoms with Crippen LogP contribution in [0.25, 0.3) is 0 Å². The van der Waals surface area contributed by atoms with E-state index in [1.54, 1.807) is 14.1 Å². The van der Waals surface area contributed by atoms with Gasteiger partial charge in [-0.05, 0) is 6.92 Å². The smallest absolute Gasteiger partial charge is 0.332 e. The summed E-state index contributed by atoms with van der Waals surface area (Å²) in [6.45, 7) is 1.62. The van der Waals surface area contributed by atoms with E-state index in [1.165, 1.54) is 11.8 Å². The molecule has 112 valence electrons. The highest BCUT2D eigenvalue weighted by Crippen LogP contribution is 2.28. The molecule has 1 heterocycles. The largest absolute Gasteiger partial charge is 0.357 e. The summed E-state index contributed by atoms with van der Waals surface area (Å²) in [6, 6.07) is 0. The first-order valence-corrected chi connectivity index (χ1v) is 7.81. The maximum atomic E-state index is 11.2. The third kappa shape index (κ3) is 4.02. The molecule has 9 nitrogen and oxygen atoms in total. The van der Waals surface area contributed by atoms with Crippen LogP contribution in [0, 0.1) is 17.0 Å². The zero-order valence-electron chi connectivity index (χ0n) is 11.7. The molecule has 0 saturated heterocycles. The first-order valence-electron chi connectivity index (χ1n) is 5.75. The molecule has 0 radical (unpaired) electrons. The van der Waals surface area contributed by atoms with Crippen molar-refractivity contribution in [2.75, 3.05) is 42.9 Å². The maximum Gasteiger partial charge on any atom is 0.332 e. The van der Waals surface area contributed by atoms with Crippen molar-refractivity contribution in [1.82, 2.24) is 9.97 Å². The minimum Gasteiger partial charge on any atom is -0.357 e. The van der Waals surface area contributed by atoms with Gasteiger partial charge in [0.15, 0.2) is 0 Å². The molecule has 0 bridgehead atoms. The van der Waals surface area contributed by atoms with E-state index in [0.29, 0.717) is 0 Å². The topological polar surface area (TPSA) is 118 Å². The summed E-state index contributed by atoms with van der Waals surface area (Å²) in [7, 11) is -0.00359. The Morgan fingerprint density at radius 3 is 2.45 bits per heavy atom. The van der Waals surface area contributed by atoms with Gasteiger partial charge in [0, 0.05) is 26.9 Å². The van der Waals surface area contributed by atoms with Crippen LogP contribution in [0.2, 0.25) is 0 Å². The zero-order valence-corrected chi connectivity index (χ0v) is 12.6. The molecule has 0 spiro atoms. The van der Waals surface area contributed by atoms with Crippen LogP contribution in [-0.4, -0.2) is 56.0 Å². The van der Waals surface area contributed by atoms with Crippen molar-refractivity contribution in [3.8, 4) is 0 Å². The van der Waals surface area contributed by atoms with Crippen LogP contribution < -0.4 is 10.2 Å². The Balaban J connectivity index is 3.20. The number of hydrogen-bond donors (Lipinski definition) is 1. The number of aryl methyl sites for hydroxylation is 1. The quantitative estimate of drug-likeness (QED) is 0.585. The highest BCUT2D eigenvalue weighted by Gasteiger charge is 2.25. The van der Waals surface area contributed by atoms with Crippen molar-refractivity contribution in [2.45, 2.75) is 6.92 Å². The normalized spacial score (nSPS) is 11.2. The summed E-state index contributed by atoms with van der Waals surface area (Å²) < 4.78 is 22.3. The SMILES string of the molecule is CNc1nc(C)c([N+](=O)[O-])c(N(C)CCS(C)(=O)=O)n1. The predicted molar refractivity (Wildman–Crippen MR) is 76.0 cm³/mol. The molecule has 20 heavy (non-hydrogen) atoms. The number of nitrogens with zero attached hydrogens (tertiary/aromatic N) is 4. The molecule has 0 unspecified atom stereocenters. The van der Waals surface area contributed by atoms with Crippen molar-refractivity contribution in [3.63, 3.8) is 0 Å². The minimum atomic E-state index is -3.16. The lowest BCUT2D eigenvalue weighted by Gasteiger charge is -2.18. The van der Waals surface area contributed by atoms with E-state index in [0.717, 1.165) is 6.26 Å². The molecule has 0 amide bonds. The van der Waals surface area contributed by atoms with Gasteiger partial charge >= 0.3 is 5.69 Å². The fraction of sp³-hybridized carbons (Fsp3) is 0.600. The Labute approximate surface area is 117 Å². The Morgan fingerprint density at radius 1 is 1.40 bits per heavy atom. The number of anilines is 2. The Kier molecular flexibility index (Phi) is 4.82. The van der Waals surface area contributed by atoms with E-state index in [9.17, 15) is 18.5 Å². The third-order valence-corrected chi connectivity index (χ3v) is 3.53. The van der Waals surface area contributed by atoms with E-state index in [-0.39, 0.29) is 35.4 Å². The fourth-order valence-corrected chi connectivity index (χ4v) is 2.16. The average molecular weight is 303 g/mol. The molecule has 10 heteroatoms. The number of aromatic nitrogens is 2. The molecule has 1 aromatic heterocycles. The van der Waals surface area contributed by atoms with Gasteiger partial charge in [0.1, 0.15) is 15.5 Å². The van der Waals surface area contributed by atoms with E-state index in [4.69, 9.17) is 0 Å². The molecule has 1 aromatic rings. The molecule has 0 aromatic carbocycles. The van der Waals surface area contributed by atoms with Crippen molar-refractivity contribution < 1.29 is 13.3 Å². The minimum absolute atomic E-state index is 0.0931.